The van der Waals surface area contributed by atoms with E-state index >= 15 is 0 Å². The van der Waals surface area contributed by atoms with Gasteiger partial charge in [-0.3, -0.25) is 4.79 Å². The van der Waals surface area contributed by atoms with Gasteiger partial charge in [0.05, 0.1) is 25.2 Å². The number of ether oxygens (including phenoxy) is 1. The lowest BCUT2D eigenvalue weighted by atomic mass is 9.93. The first kappa shape index (κ1) is 13.4. The maximum Gasteiger partial charge on any atom is 0.305 e. The lowest BCUT2D eigenvalue weighted by molar-refractivity contribution is -0.151. The number of rotatable bonds is 7. The molecule has 0 amide bonds. The number of aliphatic hydroxyl groups is 3. The summed E-state index contributed by atoms with van der Waals surface area (Å²) < 4.78 is 4.80. The molecule has 3 N–H and O–H groups in total. The quantitative estimate of drug-likeness (QED) is 0.479. The molecule has 0 unspecified atom stereocenters. The van der Waals surface area contributed by atoms with Crippen molar-refractivity contribution in [3.05, 3.63) is 0 Å². The minimum atomic E-state index is -1.12. The predicted octanol–water partition coefficient (Wildman–Crippen LogP) is -0.707. The van der Waals surface area contributed by atoms with Crippen LogP contribution in [0, 0.1) is 5.41 Å². The van der Waals surface area contributed by atoms with Gasteiger partial charge in [-0.25, -0.2) is 0 Å². The topological polar surface area (TPSA) is 87.0 Å². The van der Waals surface area contributed by atoms with Gasteiger partial charge in [0.15, 0.2) is 0 Å². The van der Waals surface area contributed by atoms with Crippen molar-refractivity contribution >= 4 is 5.97 Å². The number of aliphatic hydroxyl groups excluding tert-OH is 3. The summed E-state index contributed by atoms with van der Waals surface area (Å²) >= 11 is 0. The van der Waals surface area contributed by atoms with E-state index in [1.54, 1.807) is 0 Å². The number of hydrogen-bond acceptors (Lipinski definition) is 5. The summed E-state index contributed by atoms with van der Waals surface area (Å²) in [6.07, 6.45) is 0.988. The lowest BCUT2D eigenvalue weighted by Crippen LogP contribution is -2.39. The van der Waals surface area contributed by atoms with Crippen LogP contribution >= 0.6 is 0 Å². The van der Waals surface area contributed by atoms with Crippen LogP contribution in [0.5, 0.6) is 0 Å². The van der Waals surface area contributed by atoms with Crippen molar-refractivity contribution in [1.82, 2.24) is 0 Å². The molecule has 0 atom stereocenters. The number of hydrogen-bond donors (Lipinski definition) is 3. The van der Waals surface area contributed by atoms with Gasteiger partial charge in [0.2, 0.25) is 0 Å². The van der Waals surface area contributed by atoms with Crippen molar-refractivity contribution < 1.29 is 24.9 Å². The molecule has 0 saturated heterocycles. The molecule has 0 aromatic heterocycles. The zero-order valence-corrected chi connectivity index (χ0v) is 8.40. The maximum absolute atomic E-state index is 11.0. The Morgan fingerprint density at radius 2 is 1.71 bits per heavy atom. The van der Waals surface area contributed by atoms with Crippen LogP contribution in [0.4, 0.5) is 0 Å². The smallest absolute Gasteiger partial charge is 0.305 e. The SMILES string of the molecule is CCCC(=O)OCC(CO)(CO)CO. The second-order valence-electron chi connectivity index (χ2n) is 3.39. The Hall–Kier alpha value is -0.650. The van der Waals surface area contributed by atoms with Gasteiger partial charge in [0.25, 0.3) is 0 Å². The normalized spacial score (nSPS) is 11.4. The van der Waals surface area contributed by atoms with Crippen molar-refractivity contribution in [2.75, 3.05) is 26.4 Å². The average molecular weight is 206 g/mol. The lowest BCUT2D eigenvalue weighted by Gasteiger charge is -2.26. The molecule has 5 nitrogen and oxygen atoms in total. The average Bonchev–Trinajstić information content (AvgIpc) is 2.21. The van der Waals surface area contributed by atoms with E-state index in [0.29, 0.717) is 12.8 Å². The Labute approximate surface area is 83.3 Å². The summed E-state index contributed by atoms with van der Waals surface area (Å²) in [6, 6.07) is 0. The van der Waals surface area contributed by atoms with Crippen LogP contribution in [0.3, 0.4) is 0 Å². The van der Waals surface area contributed by atoms with Gasteiger partial charge in [-0.15, -0.1) is 0 Å². The molecule has 0 rings (SSSR count). The second kappa shape index (κ2) is 6.75. The summed E-state index contributed by atoms with van der Waals surface area (Å²) in [7, 11) is 0. The minimum Gasteiger partial charge on any atom is -0.465 e. The van der Waals surface area contributed by atoms with Gasteiger partial charge in [-0.05, 0) is 6.42 Å². The van der Waals surface area contributed by atoms with Crippen LogP contribution in [-0.2, 0) is 9.53 Å². The molecule has 0 aromatic carbocycles. The standard InChI is InChI=1S/C9H18O5/c1-2-3-8(13)14-7-9(4-10,5-11)6-12/h10-12H,2-7H2,1H3. The van der Waals surface area contributed by atoms with Crippen molar-refractivity contribution in [3.8, 4) is 0 Å². The van der Waals surface area contributed by atoms with Crippen molar-refractivity contribution in [2.45, 2.75) is 19.8 Å². The number of carbonyl (C=O) groups excluding carboxylic acids is 1. The molecule has 0 aromatic rings. The summed E-state index contributed by atoms with van der Waals surface area (Å²) in [6.45, 7) is 0.437. The first-order chi connectivity index (χ1) is 6.64. The van der Waals surface area contributed by atoms with Gasteiger partial charge in [0, 0.05) is 6.42 Å². The predicted molar refractivity (Wildman–Crippen MR) is 49.6 cm³/mol. The van der Waals surface area contributed by atoms with Gasteiger partial charge in [-0.2, -0.15) is 0 Å². The van der Waals surface area contributed by atoms with Gasteiger partial charge in [0.1, 0.15) is 6.61 Å². The fourth-order valence-electron chi connectivity index (χ4n) is 0.797. The molecule has 0 aliphatic carbocycles. The maximum atomic E-state index is 11.0. The largest absolute Gasteiger partial charge is 0.465 e. The van der Waals surface area contributed by atoms with Crippen LogP contribution in [0.2, 0.25) is 0 Å². The van der Waals surface area contributed by atoms with Crippen LogP contribution in [-0.4, -0.2) is 47.7 Å². The van der Waals surface area contributed by atoms with Crippen molar-refractivity contribution in [2.24, 2.45) is 5.41 Å². The van der Waals surface area contributed by atoms with Crippen molar-refractivity contribution in [1.29, 1.82) is 0 Å². The highest BCUT2D eigenvalue weighted by Gasteiger charge is 2.29. The first-order valence-corrected chi connectivity index (χ1v) is 4.62. The van der Waals surface area contributed by atoms with Crippen LogP contribution in [0.25, 0.3) is 0 Å². The zero-order valence-electron chi connectivity index (χ0n) is 8.40. The molecule has 14 heavy (non-hydrogen) atoms. The second-order valence-corrected chi connectivity index (χ2v) is 3.39. The molecular formula is C9H18O5. The highest BCUT2D eigenvalue weighted by atomic mass is 16.5. The Balaban J connectivity index is 3.99. The fraction of sp³-hybridized carbons (Fsp3) is 0.889. The van der Waals surface area contributed by atoms with E-state index < -0.39 is 25.2 Å². The molecule has 0 radical (unpaired) electrons. The van der Waals surface area contributed by atoms with E-state index in [-0.39, 0.29) is 12.6 Å². The Morgan fingerprint density at radius 1 is 1.21 bits per heavy atom. The van der Waals surface area contributed by atoms with Gasteiger partial charge < -0.3 is 20.1 Å². The summed E-state index contributed by atoms with van der Waals surface area (Å²) in [5.41, 5.74) is -1.12. The molecular weight excluding hydrogens is 188 g/mol. The van der Waals surface area contributed by atoms with Crippen LogP contribution in [0.1, 0.15) is 19.8 Å². The monoisotopic (exact) mass is 206 g/mol. The summed E-state index contributed by atoms with van der Waals surface area (Å²) in [4.78, 5) is 11.0. The molecule has 0 bridgehead atoms. The van der Waals surface area contributed by atoms with E-state index in [0.717, 1.165) is 0 Å². The van der Waals surface area contributed by atoms with E-state index in [9.17, 15) is 4.79 Å². The Kier molecular flexibility index (Phi) is 6.44. The van der Waals surface area contributed by atoms with E-state index in [4.69, 9.17) is 20.1 Å². The van der Waals surface area contributed by atoms with E-state index in [2.05, 4.69) is 0 Å². The third kappa shape index (κ3) is 4.04. The highest BCUT2D eigenvalue weighted by Crippen LogP contribution is 2.15. The van der Waals surface area contributed by atoms with Gasteiger partial charge >= 0.3 is 5.97 Å². The molecule has 0 heterocycles. The van der Waals surface area contributed by atoms with E-state index in [1.807, 2.05) is 6.92 Å². The molecule has 5 heteroatoms. The molecule has 0 saturated carbocycles. The molecule has 0 spiro atoms. The first-order valence-electron chi connectivity index (χ1n) is 4.62. The Morgan fingerprint density at radius 3 is 2.07 bits per heavy atom. The molecule has 0 fully saturated rings. The van der Waals surface area contributed by atoms with Crippen molar-refractivity contribution in [3.63, 3.8) is 0 Å². The van der Waals surface area contributed by atoms with Crippen LogP contribution < -0.4 is 0 Å². The van der Waals surface area contributed by atoms with Gasteiger partial charge in [-0.1, -0.05) is 6.92 Å². The van der Waals surface area contributed by atoms with Crippen LogP contribution in [0.15, 0.2) is 0 Å². The molecule has 84 valence electrons. The number of esters is 1. The fourth-order valence-corrected chi connectivity index (χ4v) is 0.797. The summed E-state index contributed by atoms with van der Waals surface area (Å²) in [5, 5.41) is 26.7. The minimum absolute atomic E-state index is 0.157. The Bertz CT molecular complexity index is 156. The summed E-state index contributed by atoms with van der Waals surface area (Å²) in [5.74, 6) is -0.382. The molecule has 0 aliphatic heterocycles. The third-order valence-electron chi connectivity index (χ3n) is 2.00. The zero-order chi connectivity index (χ0) is 11.0. The molecule has 0 aliphatic rings. The highest BCUT2D eigenvalue weighted by molar-refractivity contribution is 5.69. The number of carbonyl (C=O) groups is 1. The third-order valence-corrected chi connectivity index (χ3v) is 2.00. The van der Waals surface area contributed by atoms with E-state index in [1.165, 1.54) is 0 Å².